The van der Waals surface area contributed by atoms with Gasteiger partial charge >= 0.3 is 5.97 Å². The van der Waals surface area contributed by atoms with Gasteiger partial charge in [0.05, 0.1) is 11.8 Å². The molecule has 0 bridgehead atoms. The van der Waals surface area contributed by atoms with Crippen molar-refractivity contribution < 1.29 is 20.1 Å². The number of carboxylic acid groups (broad SMARTS) is 1. The second-order valence-electron chi connectivity index (χ2n) is 3.00. The maximum absolute atomic E-state index is 10.8. The van der Waals surface area contributed by atoms with E-state index in [1.807, 2.05) is 0 Å². The molecule has 0 saturated heterocycles. The molecule has 0 aromatic carbocycles. The molecule has 1 unspecified atom stereocenters. The van der Waals surface area contributed by atoms with Crippen molar-refractivity contribution >= 4 is 5.97 Å². The van der Waals surface area contributed by atoms with Crippen molar-refractivity contribution in [2.24, 2.45) is 0 Å². The fourth-order valence-corrected chi connectivity index (χ4v) is 1.15. The Morgan fingerprint density at radius 3 is 2.57 bits per heavy atom. The Kier molecular flexibility index (Phi) is 2.71. The van der Waals surface area contributed by atoms with E-state index in [0.29, 0.717) is 0 Å². The van der Waals surface area contributed by atoms with Crippen LogP contribution in [0.2, 0.25) is 0 Å². The zero-order chi connectivity index (χ0) is 10.9. The second-order valence-corrected chi connectivity index (χ2v) is 3.00. The first-order chi connectivity index (χ1) is 6.45. The third-order valence-electron chi connectivity index (χ3n) is 1.93. The van der Waals surface area contributed by atoms with E-state index in [9.17, 15) is 15.0 Å². The Labute approximate surface area is 80.7 Å². The van der Waals surface area contributed by atoms with E-state index in [-0.39, 0.29) is 16.8 Å². The summed E-state index contributed by atoms with van der Waals surface area (Å²) in [4.78, 5) is 14.6. The minimum Gasteiger partial charge on any atom is -0.505 e. The molecule has 3 N–H and O–H groups in total. The highest BCUT2D eigenvalue weighted by Crippen LogP contribution is 2.27. The Bertz CT molecular complexity index is 373. The van der Waals surface area contributed by atoms with Crippen molar-refractivity contribution in [3.63, 3.8) is 0 Å². The number of rotatable bonds is 2. The van der Waals surface area contributed by atoms with Crippen molar-refractivity contribution in [3.8, 4) is 5.75 Å². The van der Waals surface area contributed by atoms with E-state index in [1.54, 1.807) is 0 Å². The van der Waals surface area contributed by atoms with Crippen molar-refractivity contribution in [2.75, 3.05) is 0 Å². The molecule has 14 heavy (non-hydrogen) atoms. The van der Waals surface area contributed by atoms with Gasteiger partial charge in [0.25, 0.3) is 0 Å². The molecule has 1 rings (SSSR count). The van der Waals surface area contributed by atoms with Gasteiger partial charge in [0, 0.05) is 11.8 Å². The van der Waals surface area contributed by atoms with E-state index in [4.69, 9.17) is 5.11 Å². The minimum absolute atomic E-state index is 0.112. The summed E-state index contributed by atoms with van der Waals surface area (Å²) in [5.74, 6) is -1.67. The van der Waals surface area contributed by atoms with E-state index >= 15 is 0 Å². The topological polar surface area (TPSA) is 90.7 Å². The summed E-state index contributed by atoms with van der Waals surface area (Å²) in [7, 11) is 0. The number of hydrogen-bond donors (Lipinski definition) is 3. The summed E-state index contributed by atoms with van der Waals surface area (Å²) in [5.41, 5.74) is 0.0555. The van der Waals surface area contributed by atoms with Crippen molar-refractivity contribution in [3.05, 3.63) is 23.0 Å². The van der Waals surface area contributed by atoms with Gasteiger partial charge < -0.3 is 15.3 Å². The number of aliphatic hydroxyl groups is 1. The molecule has 0 amide bonds. The quantitative estimate of drug-likeness (QED) is 0.653. The number of aromatic hydroxyl groups is 1. The monoisotopic (exact) mass is 197 g/mol. The molecule has 1 aromatic heterocycles. The number of hydrogen-bond acceptors (Lipinski definition) is 4. The summed E-state index contributed by atoms with van der Waals surface area (Å²) >= 11 is 0. The molecule has 0 aliphatic rings. The summed E-state index contributed by atoms with van der Waals surface area (Å²) in [5, 5.41) is 27.5. The van der Waals surface area contributed by atoms with Crippen LogP contribution in [0.25, 0.3) is 0 Å². The van der Waals surface area contributed by atoms with Crippen LogP contribution < -0.4 is 0 Å². The lowest BCUT2D eigenvalue weighted by molar-refractivity contribution is 0.0686. The number of carbonyl (C=O) groups is 1. The fraction of sp³-hybridized carbons (Fsp3) is 0.333. The molecule has 5 heteroatoms. The highest BCUT2D eigenvalue weighted by molar-refractivity contribution is 5.92. The summed E-state index contributed by atoms with van der Waals surface area (Å²) in [6.45, 7) is 2.91. The van der Waals surface area contributed by atoms with Gasteiger partial charge in [-0.25, -0.2) is 4.79 Å². The average molecular weight is 197 g/mol. The second kappa shape index (κ2) is 3.63. The lowest BCUT2D eigenvalue weighted by atomic mass is 10.0. The van der Waals surface area contributed by atoms with Crippen LogP contribution in [0.1, 0.15) is 34.6 Å². The van der Waals surface area contributed by atoms with E-state index in [0.717, 1.165) is 0 Å². The standard InChI is InChI=1S/C9H11NO4/c1-4-8(12)7(9(13)14)6(3-10-4)5(2)11/h3,5,11-12H,1-2H3,(H,13,14). The SMILES string of the molecule is Cc1ncc(C(C)O)c(C(=O)O)c1O. The summed E-state index contributed by atoms with van der Waals surface area (Å²) in [6.07, 6.45) is 0.281. The number of nitrogens with zero attached hydrogens (tertiary/aromatic N) is 1. The third kappa shape index (κ3) is 1.67. The molecule has 0 spiro atoms. The first-order valence-electron chi connectivity index (χ1n) is 4.05. The zero-order valence-electron chi connectivity index (χ0n) is 7.85. The smallest absolute Gasteiger partial charge is 0.339 e. The first kappa shape index (κ1) is 10.5. The molecule has 1 aromatic rings. The van der Waals surface area contributed by atoms with Crippen molar-refractivity contribution in [1.82, 2.24) is 4.98 Å². The Morgan fingerprint density at radius 1 is 1.57 bits per heavy atom. The number of aliphatic hydroxyl groups excluding tert-OH is 1. The van der Waals surface area contributed by atoms with Crippen LogP contribution >= 0.6 is 0 Å². The number of aromatic carboxylic acids is 1. The lowest BCUT2D eigenvalue weighted by Crippen LogP contribution is -2.07. The molecule has 0 aliphatic heterocycles. The van der Waals surface area contributed by atoms with Gasteiger partial charge in [-0.3, -0.25) is 4.98 Å². The Morgan fingerprint density at radius 2 is 2.14 bits per heavy atom. The largest absolute Gasteiger partial charge is 0.505 e. The van der Waals surface area contributed by atoms with E-state index < -0.39 is 17.8 Å². The predicted octanol–water partition coefficient (Wildman–Crippen LogP) is 0.847. The van der Waals surface area contributed by atoms with Gasteiger partial charge in [0.15, 0.2) is 5.75 Å². The normalized spacial score (nSPS) is 12.5. The molecule has 0 radical (unpaired) electrons. The van der Waals surface area contributed by atoms with Gasteiger partial charge in [0.1, 0.15) is 5.56 Å². The van der Waals surface area contributed by atoms with Crippen LogP contribution in [0.3, 0.4) is 0 Å². The molecule has 1 atom stereocenters. The molecule has 0 fully saturated rings. The van der Waals surface area contributed by atoms with Crippen LogP contribution in [0.5, 0.6) is 5.75 Å². The molecule has 5 nitrogen and oxygen atoms in total. The fourth-order valence-electron chi connectivity index (χ4n) is 1.15. The number of carboxylic acids is 1. The van der Waals surface area contributed by atoms with Crippen LogP contribution in [-0.2, 0) is 0 Å². The van der Waals surface area contributed by atoms with Gasteiger partial charge in [-0.2, -0.15) is 0 Å². The molecular weight excluding hydrogens is 186 g/mol. The van der Waals surface area contributed by atoms with E-state index in [2.05, 4.69) is 4.98 Å². The molecule has 0 aliphatic carbocycles. The van der Waals surface area contributed by atoms with Crippen molar-refractivity contribution in [2.45, 2.75) is 20.0 Å². The average Bonchev–Trinajstić information content (AvgIpc) is 2.08. The molecular formula is C9H11NO4. The molecule has 76 valence electrons. The van der Waals surface area contributed by atoms with Gasteiger partial charge in [-0.15, -0.1) is 0 Å². The highest BCUT2D eigenvalue weighted by atomic mass is 16.4. The Balaban J connectivity index is 3.45. The first-order valence-corrected chi connectivity index (χ1v) is 4.05. The summed E-state index contributed by atoms with van der Waals surface area (Å²) < 4.78 is 0. The van der Waals surface area contributed by atoms with E-state index in [1.165, 1.54) is 20.0 Å². The minimum atomic E-state index is -1.27. The van der Waals surface area contributed by atoms with Crippen LogP contribution in [0, 0.1) is 6.92 Å². The Hall–Kier alpha value is -1.62. The predicted molar refractivity (Wildman–Crippen MR) is 48.2 cm³/mol. The maximum atomic E-state index is 10.8. The lowest BCUT2D eigenvalue weighted by Gasteiger charge is -2.10. The summed E-state index contributed by atoms with van der Waals surface area (Å²) in [6, 6.07) is 0. The zero-order valence-corrected chi connectivity index (χ0v) is 7.85. The number of aromatic nitrogens is 1. The molecule has 1 heterocycles. The van der Waals surface area contributed by atoms with Crippen LogP contribution in [-0.4, -0.2) is 26.3 Å². The highest BCUT2D eigenvalue weighted by Gasteiger charge is 2.20. The van der Waals surface area contributed by atoms with Crippen LogP contribution in [0.4, 0.5) is 0 Å². The number of pyridine rings is 1. The maximum Gasteiger partial charge on any atom is 0.339 e. The van der Waals surface area contributed by atoms with Gasteiger partial charge in [0.2, 0.25) is 0 Å². The van der Waals surface area contributed by atoms with Gasteiger partial charge in [-0.05, 0) is 13.8 Å². The number of aryl methyl sites for hydroxylation is 1. The van der Waals surface area contributed by atoms with Crippen LogP contribution in [0.15, 0.2) is 6.20 Å². The molecule has 0 saturated carbocycles. The van der Waals surface area contributed by atoms with Crippen molar-refractivity contribution in [1.29, 1.82) is 0 Å². The van der Waals surface area contributed by atoms with Gasteiger partial charge in [-0.1, -0.05) is 0 Å². The third-order valence-corrected chi connectivity index (χ3v) is 1.93.